The third-order valence-electron chi connectivity index (χ3n) is 6.99. The number of anilines is 1. The molecule has 1 aliphatic rings. The molecule has 1 fully saturated rings. The van der Waals surface area contributed by atoms with E-state index in [4.69, 9.17) is 14.7 Å². The first-order valence-electron chi connectivity index (χ1n) is 13.2. The number of carbonyl (C=O) groups excluding carboxylic acids is 1. The maximum Gasteiger partial charge on any atom is 0.255 e. The van der Waals surface area contributed by atoms with Crippen molar-refractivity contribution in [1.82, 2.24) is 14.8 Å². The molecule has 9 nitrogen and oxygen atoms in total. The van der Waals surface area contributed by atoms with Crippen LogP contribution in [0.5, 0.6) is 0 Å². The zero-order valence-corrected chi connectivity index (χ0v) is 23.6. The van der Waals surface area contributed by atoms with Crippen LogP contribution in [0.25, 0.3) is 0 Å². The first kappa shape index (κ1) is 30.2. The van der Waals surface area contributed by atoms with E-state index < -0.39 is 40.5 Å². The molecule has 0 saturated carbocycles. The van der Waals surface area contributed by atoms with Crippen LogP contribution in [0.3, 0.4) is 0 Å². The van der Waals surface area contributed by atoms with Crippen LogP contribution >= 0.6 is 11.8 Å². The average molecular weight is 610 g/mol. The molecule has 0 unspecified atom stereocenters. The van der Waals surface area contributed by atoms with E-state index in [9.17, 15) is 23.1 Å². The van der Waals surface area contributed by atoms with Crippen molar-refractivity contribution in [3.63, 3.8) is 0 Å². The van der Waals surface area contributed by atoms with E-state index in [1.54, 1.807) is 31.2 Å². The summed E-state index contributed by atoms with van der Waals surface area (Å²) in [5, 5.41) is 26.3. The predicted molar refractivity (Wildman–Crippen MR) is 151 cm³/mol. The molecule has 0 spiro atoms. The third-order valence-corrected chi connectivity index (χ3v) is 8.45. The molecule has 2 atom stereocenters. The number of carbonyl (C=O) groups is 1. The molecule has 4 aromatic rings. The second-order valence-electron chi connectivity index (χ2n) is 9.92. The Morgan fingerprint density at radius 3 is 2.51 bits per heavy atom. The fourth-order valence-electron chi connectivity index (χ4n) is 4.66. The average Bonchev–Trinajstić information content (AvgIpc) is 3.51. The maximum atomic E-state index is 14.8. The molecule has 1 aliphatic heterocycles. The largest absolute Gasteiger partial charge is 0.382 e. The van der Waals surface area contributed by atoms with Crippen molar-refractivity contribution in [3.8, 4) is 6.07 Å². The van der Waals surface area contributed by atoms with Crippen molar-refractivity contribution in [3.05, 3.63) is 113 Å². The smallest absolute Gasteiger partial charge is 0.255 e. The molecular weight excluding hydrogens is 583 g/mol. The van der Waals surface area contributed by atoms with E-state index in [0.29, 0.717) is 5.56 Å². The summed E-state index contributed by atoms with van der Waals surface area (Å²) in [6, 6.07) is 15.1. The number of ether oxygens (including phenoxy) is 2. The standard InChI is InChI=1S/C30H26F3N5O4S/c1-18(30(40,15-38-17-35-16-36-38)24-8-7-22(31)11-25(24)32)43-23-13-41-29(42-14-23)21-5-3-20(4-6-21)28(39)37-27-9-2-19(12-34)10-26(27)33/h2-11,16-18,23,29,40H,13-15H2,1H3,(H,37,39)/t18-,23?,29?,30-/m1/s1. The van der Waals surface area contributed by atoms with Gasteiger partial charge in [0.2, 0.25) is 0 Å². The molecule has 13 heteroatoms. The molecule has 3 aromatic carbocycles. The van der Waals surface area contributed by atoms with E-state index in [1.807, 2.05) is 6.07 Å². The molecule has 222 valence electrons. The fraction of sp³-hybridized carbons (Fsp3) is 0.267. The first-order chi connectivity index (χ1) is 20.7. The van der Waals surface area contributed by atoms with Crippen molar-refractivity contribution in [1.29, 1.82) is 5.26 Å². The van der Waals surface area contributed by atoms with Gasteiger partial charge in [0.05, 0.1) is 42.3 Å². The van der Waals surface area contributed by atoms with Gasteiger partial charge in [-0.25, -0.2) is 22.8 Å². The summed E-state index contributed by atoms with van der Waals surface area (Å²) in [4.78, 5) is 16.5. The molecule has 0 radical (unpaired) electrons. The number of aromatic nitrogens is 3. The van der Waals surface area contributed by atoms with Gasteiger partial charge in [-0.1, -0.05) is 25.1 Å². The molecule has 0 aliphatic carbocycles. The number of benzene rings is 3. The Morgan fingerprint density at radius 1 is 1.14 bits per heavy atom. The van der Waals surface area contributed by atoms with Gasteiger partial charge in [0.15, 0.2) is 6.29 Å². The Balaban J connectivity index is 1.20. The topological polar surface area (TPSA) is 122 Å². The Hall–Kier alpha value is -4.22. The van der Waals surface area contributed by atoms with Gasteiger partial charge in [0, 0.05) is 28.0 Å². The summed E-state index contributed by atoms with van der Waals surface area (Å²) in [5.41, 5.74) is -0.777. The summed E-state index contributed by atoms with van der Waals surface area (Å²) in [5.74, 6) is -2.86. The second-order valence-corrected chi connectivity index (χ2v) is 11.6. The summed E-state index contributed by atoms with van der Waals surface area (Å²) in [7, 11) is 0. The number of thioether (sulfide) groups is 1. The summed E-state index contributed by atoms with van der Waals surface area (Å²) >= 11 is 1.34. The summed E-state index contributed by atoms with van der Waals surface area (Å²) in [6.07, 6.45) is 2.00. The highest BCUT2D eigenvalue weighted by Crippen LogP contribution is 2.39. The number of halogens is 3. The van der Waals surface area contributed by atoms with Crippen molar-refractivity contribution < 1.29 is 32.5 Å². The van der Waals surface area contributed by atoms with E-state index >= 15 is 0 Å². The number of hydrogen-bond donors (Lipinski definition) is 2. The monoisotopic (exact) mass is 609 g/mol. The fourth-order valence-corrected chi connectivity index (χ4v) is 5.98. The van der Waals surface area contributed by atoms with Crippen molar-refractivity contribution in [2.45, 2.75) is 35.9 Å². The van der Waals surface area contributed by atoms with Gasteiger partial charge in [-0.2, -0.15) is 10.4 Å². The van der Waals surface area contributed by atoms with Crippen molar-refractivity contribution in [2.24, 2.45) is 0 Å². The molecule has 2 heterocycles. The zero-order valence-electron chi connectivity index (χ0n) is 22.8. The van der Waals surface area contributed by atoms with Gasteiger partial charge in [-0.15, -0.1) is 11.8 Å². The highest BCUT2D eigenvalue weighted by atomic mass is 32.2. The number of nitriles is 1. The van der Waals surface area contributed by atoms with E-state index in [2.05, 4.69) is 15.4 Å². The van der Waals surface area contributed by atoms with Crippen LogP contribution < -0.4 is 5.32 Å². The van der Waals surface area contributed by atoms with E-state index in [-0.39, 0.29) is 47.4 Å². The lowest BCUT2D eigenvalue weighted by molar-refractivity contribution is -0.180. The van der Waals surface area contributed by atoms with Crippen LogP contribution in [-0.2, 0) is 21.6 Å². The minimum absolute atomic E-state index is 0.0415. The van der Waals surface area contributed by atoms with Crippen LogP contribution in [0.1, 0.15) is 40.3 Å². The highest BCUT2D eigenvalue weighted by Gasteiger charge is 2.41. The third kappa shape index (κ3) is 6.89. The quantitative estimate of drug-likeness (QED) is 0.274. The lowest BCUT2D eigenvalue weighted by Gasteiger charge is -2.37. The van der Waals surface area contributed by atoms with E-state index in [0.717, 1.165) is 18.2 Å². The number of nitrogens with zero attached hydrogens (tertiary/aromatic N) is 4. The SMILES string of the molecule is C[C@@H](SC1COC(c2ccc(C(=O)Nc3ccc(C#N)cc3F)cc2)OC1)[C@](O)(Cn1cncn1)c1ccc(F)cc1F. The first-order valence-corrected chi connectivity index (χ1v) is 14.1. The Morgan fingerprint density at radius 2 is 1.88 bits per heavy atom. The van der Waals surface area contributed by atoms with Crippen molar-refractivity contribution >= 4 is 23.4 Å². The number of aliphatic hydroxyl groups is 1. The summed E-state index contributed by atoms with van der Waals surface area (Å²) < 4.78 is 55.8. The lowest BCUT2D eigenvalue weighted by Crippen LogP contribution is -2.43. The van der Waals surface area contributed by atoms with Gasteiger partial charge in [-0.3, -0.25) is 4.79 Å². The summed E-state index contributed by atoms with van der Waals surface area (Å²) in [6.45, 7) is 2.14. The van der Waals surface area contributed by atoms with E-state index in [1.165, 1.54) is 47.3 Å². The number of rotatable bonds is 9. The van der Waals surface area contributed by atoms with Gasteiger partial charge in [0.25, 0.3) is 5.91 Å². The van der Waals surface area contributed by atoms with Gasteiger partial charge in [-0.05, 0) is 36.4 Å². The number of nitrogens with one attached hydrogen (secondary N) is 1. The van der Waals surface area contributed by atoms with Crippen LogP contribution in [0.2, 0.25) is 0 Å². The Labute approximate surface area is 249 Å². The number of hydrogen-bond acceptors (Lipinski definition) is 8. The lowest BCUT2D eigenvalue weighted by atomic mass is 9.90. The maximum absolute atomic E-state index is 14.8. The van der Waals surface area contributed by atoms with Crippen LogP contribution in [0.15, 0.2) is 73.3 Å². The minimum atomic E-state index is -1.76. The van der Waals surface area contributed by atoms with Gasteiger partial charge in [0.1, 0.15) is 35.7 Å². The Kier molecular flexibility index (Phi) is 9.12. The van der Waals surface area contributed by atoms with Crippen LogP contribution in [-0.4, -0.2) is 49.5 Å². The molecule has 5 rings (SSSR count). The highest BCUT2D eigenvalue weighted by molar-refractivity contribution is 8.00. The Bertz CT molecular complexity index is 1630. The molecule has 0 bridgehead atoms. The molecule has 2 N–H and O–H groups in total. The normalized spacial score (nSPS) is 18.8. The predicted octanol–water partition coefficient (Wildman–Crippen LogP) is 4.94. The van der Waals surface area contributed by atoms with Crippen LogP contribution in [0.4, 0.5) is 18.9 Å². The molecule has 1 aromatic heterocycles. The van der Waals surface area contributed by atoms with Crippen LogP contribution in [0, 0.1) is 28.8 Å². The zero-order chi connectivity index (χ0) is 30.6. The van der Waals surface area contributed by atoms with Gasteiger partial charge < -0.3 is 19.9 Å². The molecule has 1 saturated heterocycles. The molecule has 1 amide bonds. The molecule has 43 heavy (non-hydrogen) atoms. The van der Waals surface area contributed by atoms with Gasteiger partial charge >= 0.3 is 0 Å². The molecular formula is C30H26F3N5O4S. The van der Waals surface area contributed by atoms with Crippen molar-refractivity contribution in [2.75, 3.05) is 18.5 Å². The second kappa shape index (κ2) is 13.0. The minimum Gasteiger partial charge on any atom is -0.382 e. The number of amides is 1.